The van der Waals surface area contributed by atoms with Crippen LogP contribution >= 0.6 is 11.3 Å². The Morgan fingerprint density at radius 1 is 1.13 bits per heavy atom. The zero-order valence-electron chi connectivity index (χ0n) is 17.0. The molecule has 2 bridgehead atoms. The number of hydrogen-bond donors (Lipinski definition) is 2. The highest BCUT2D eigenvalue weighted by atomic mass is 32.1. The van der Waals surface area contributed by atoms with Crippen LogP contribution in [0.25, 0.3) is 11.1 Å². The van der Waals surface area contributed by atoms with Gasteiger partial charge in [-0.25, -0.2) is 4.79 Å². The van der Waals surface area contributed by atoms with Crippen LogP contribution in [0.4, 0.5) is 5.00 Å². The van der Waals surface area contributed by atoms with Crippen LogP contribution in [-0.4, -0.2) is 29.6 Å². The number of nitrogens with one attached hydrogen (secondary N) is 1. The molecule has 0 saturated heterocycles. The summed E-state index contributed by atoms with van der Waals surface area (Å²) in [7, 11) is 0. The lowest BCUT2D eigenvalue weighted by atomic mass is 9.78. The van der Waals surface area contributed by atoms with Crippen molar-refractivity contribution in [2.24, 2.45) is 23.7 Å². The van der Waals surface area contributed by atoms with Crippen molar-refractivity contribution in [2.45, 2.75) is 33.1 Å². The first-order valence-electron chi connectivity index (χ1n) is 10.3. The van der Waals surface area contributed by atoms with Gasteiger partial charge in [0.2, 0.25) is 5.91 Å². The zero-order valence-corrected chi connectivity index (χ0v) is 17.8. The molecule has 2 N–H and O–H groups in total. The molecule has 4 unspecified atom stereocenters. The molecular weight excluding hydrogens is 402 g/mol. The molecule has 1 aromatic heterocycles. The highest BCUT2D eigenvalue weighted by Gasteiger charge is 2.54. The average Bonchev–Trinajstić information content (AvgIpc) is 3.42. The van der Waals surface area contributed by atoms with Gasteiger partial charge in [-0.05, 0) is 50.5 Å². The normalized spacial score (nSPS) is 24.6. The van der Waals surface area contributed by atoms with E-state index in [-0.39, 0.29) is 24.3 Å². The van der Waals surface area contributed by atoms with E-state index in [2.05, 4.69) is 5.32 Å². The number of esters is 1. The lowest BCUT2D eigenvalue weighted by Crippen LogP contribution is -2.37. The predicted octanol–water partition coefficient (Wildman–Crippen LogP) is 4.59. The Balaban J connectivity index is 1.65. The quantitative estimate of drug-likeness (QED) is 0.658. The smallest absolute Gasteiger partial charge is 0.341 e. The number of rotatable bonds is 6. The van der Waals surface area contributed by atoms with Gasteiger partial charge >= 0.3 is 11.9 Å². The van der Waals surface area contributed by atoms with Gasteiger partial charge in [0.25, 0.3) is 0 Å². The molecule has 1 heterocycles. The predicted molar refractivity (Wildman–Crippen MR) is 115 cm³/mol. The fourth-order valence-electron chi connectivity index (χ4n) is 5.02. The van der Waals surface area contributed by atoms with E-state index in [1.165, 1.54) is 11.3 Å². The molecule has 1 amide bonds. The molecule has 2 aliphatic rings. The largest absolute Gasteiger partial charge is 0.481 e. The summed E-state index contributed by atoms with van der Waals surface area (Å²) in [5.41, 5.74) is 3.01. The van der Waals surface area contributed by atoms with Gasteiger partial charge < -0.3 is 15.2 Å². The summed E-state index contributed by atoms with van der Waals surface area (Å²) in [5.74, 6) is -2.74. The van der Waals surface area contributed by atoms with Crippen LogP contribution in [0.15, 0.2) is 29.6 Å². The van der Waals surface area contributed by atoms with E-state index in [9.17, 15) is 19.5 Å². The van der Waals surface area contributed by atoms with Crippen molar-refractivity contribution >= 4 is 34.2 Å². The van der Waals surface area contributed by atoms with Crippen LogP contribution in [0.3, 0.4) is 0 Å². The third-order valence-corrected chi connectivity index (χ3v) is 7.27. The molecule has 2 aromatic rings. The molecular formula is C23H25NO5S. The standard InChI is InChI=1S/C23H25NO5S/c1-3-29-23(28)19-16(13-6-4-12(2)5-7-13)11-30-21(19)24-20(25)17-14-8-9-15(10-14)18(17)22(26)27/h4-7,11,14-15,17-18H,3,8-10H2,1-2H3,(H,24,25)(H,26,27). The molecule has 2 fully saturated rings. The Morgan fingerprint density at radius 3 is 2.43 bits per heavy atom. The second-order valence-corrected chi connectivity index (χ2v) is 9.03. The fraction of sp³-hybridized carbons (Fsp3) is 0.435. The molecule has 2 saturated carbocycles. The topological polar surface area (TPSA) is 92.7 Å². The molecule has 0 aliphatic heterocycles. The maximum absolute atomic E-state index is 13.1. The first kappa shape index (κ1) is 20.6. The van der Waals surface area contributed by atoms with E-state index < -0.39 is 23.8 Å². The first-order chi connectivity index (χ1) is 14.4. The molecule has 6 nitrogen and oxygen atoms in total. The van der Waals surface area contributed by atoms with Crippen LogP contribution in [0.5, 0.6) is 0 Å². The molecule has 30 heavy (non-hydrogen) atoms. The van der Waals surface area contributed by atoms with Gasteiger partial charge in [0.15, 0.2) is 0 Å². The summed E-state index contributed by atoms with van der Waals surface area (Å²) in [6.45, 7) is 3.95. The number of anilines is 1. The average molecular weight is 428 g/mol. The van der Waals surface area contributed by atoms with Crippen molar-refractivity contribution in [1.29, 1.82) is 0 Å². The molecule has 2 aliphatic carbocycles. The van der Waals surface area contributed by atoms with Gasteiger partial charge in [-0.1, -0.05) is 29.8 Å². The highest BCUT2D eigenvalue weighted by molar-refractivity contribution is 7.15. The number of carboxylic acid groups (broad SMARTS) is 1. The molecule has 4 atom stereocenters. The number of aliphatic carboxylic acids is 1. The summed E-state index contributed by atoms with van der Waals surface area (Å²) in [6.07, 6.45) is 2.55. The molecule has 0 radical (unpaired) electrons. The Morgan fingerprint density at radius 2 is 1.80 bits per heavy atom. The van der Waals surface area contributed by atoms with Gasteiger partial charge in [-0.3, -0.25) is 9.59 Å². The lowest BCUT2D eigenvalue weighted by molar-refractivity contribution is -0.148. The van der Waals surface area contributed by atoms with Crippen molar-refractivity contribution in [2.75, 3.05) is 11.9 Å². The van der Waals surface area contributed by atoms with Gasteiger partial charge in [-0.2, -0.15) is 0 Å². The minimum absolute atomic E-state index is 0.0687. The number of carbonyl (C=O) groups is 3. The first-order valence-corrected chi connectivity index (χ1v) is 11.2. The minimum Gasteiger partial charge on any atom is -0.481 e. The summed E-state index contributed by atoms with van der Waals surface area (Å²) in [4.78, 5) is 37.6. The second-order valence-electron chi connectivity index (χ2n) is 8.15. The van der Waals surface area contributed by atoms with Crippen LogP contribution in [0, 0.1) is 30.6 Å². The Labute approximate surface area is 179 Å². The number of aryl methyl sites for hydroxylation is 1. The number of benzene rings is 1. The van der Waals surface area contributed by atoms with Crippen molar-refractivity contribution in [3.8, 4) is 11.1 Å². The Kier molecular flexibility index (Phi) is 5.64. The van der Waals surface area contributed by atoms with Crippen LogP contribution in [0.2, 0.25) is 0 Å². The molecule has 158 valence electrons. The molecule has 1 aromatic carbocycles. The maximum atomic E-state index is 13.1. The van der Waals surface area contributed by atoms with Gasteiger partial charge in [0.1, 0.15) is 10.6 Å². The SMILES string of the molecule is CCOC(=O)c1c(-c2ccc(C)cc2)csc1NC(=O)C1C2CCC(C2)C1C(=O)O. The zero-order chi connectivity index (χ0) is 21.4. The monoisotopic (exact) mass is 427 g/mol. The van der Waals surface area contributed by atoms with E-state index in [4.69, 9.17) is 4.74 Å². The Bertz CT molecular complexity index is 980. The fourth-order valence-corrected chi connectivity index (χ4v) is 5.98. The number of carboxylic acids is 1. The highest BCUT2D eigenvalue weighted by Crippen LogP contribution is 2.53. The number of fused-ring (bicyclic) bond motifs is 2. The molecule has 7 heteroatoms. The summed E-state index contributed by atoms with van der Waals surface area (Å²) >= 11 is 1.27. The van der Waals surface area contributed by atoms with E-state index in [1.807, 2.05) is 36.6 Å². The van der Waals surface area contributed by atoms with Crippen molar-refractivity contribution < 1.29 is 24.2 Å². The number of carbonyl (C=O) groups excluding carboxylic acids is 2. The lowest BCUT2D eigenvalue weighted by Gasteiger charge is -2.27. The third kappa shape index (κ3) is 3.62. The number of amides is 1. The van der Waals surface area contributed by atoms with Crippen molar-refractivity contribution in [3.63, 3.8) is 0 Å². The van der Waals surface area contributed by atoms with Crippen LogP contribution in [0.1, 0.15) is 42.1 Å². The number of hydrogen-bond acceptors (Lipinski definition) is 5. The van der Waals surface area contributed by atoms with Crippen molar-refractivity contribution in [3.05, 3.63) is 40.8 Å². The maximum Gasteiger partial charge on any atom is 0.341 e. The van der Waals surface area contributed by atoms with E-state index in [0.29, 0.717) is 16.1 Å². The number of ether oxygens (including phenoxy) is 1. The van der Waals surface area contributed by atoms with E-state index in [1.54, 1.807) is 6.92 Å². The molecule has 0 spiro atoms. The van der Waals surface area contributed by atoms with Gasteiger partial charge in [-0.15, -0.1) is 11.3 Å². The van der Waals surface area contributed by atoms with Gasteiger partial charge in [0, 0.05) is 10.9 Å². The number of thiophene rings is 1. The van der Waals surface area contributed by atoms with Crippen molar-refractivity contribution in [1.82, 2.24) is 0 Å². The molecule has 4 rings (SSSR count). The third-order valence-electron chi connectivity index (χ3n) is 6.37. The minimum atomic E-state index is -0.903. The van der Waals surface area contributed by atoms with Crippen LogP contribution in [-0.2, 0) is 14.3 Å². The van der Waals surface area contributed by atoms with Gasteiger partial charge in [0.05, 0.1) is 18.4 Å². The van der Waals surface area contributed by atoms with E-state index in [0.717, 1.165) is 30.4 Å². The Hall–Kier alpha value is -2.67. The summed E-state index contributed by atoms with van der Waals surface area (Å²) < 4.78 is 5.25. The van der Waals surface area contributed by atoms with Crippen LogP contribution < -0.4 is 5.32 Å². The van der Waals surface area contributed by atoms with E-state index >= 15 is 0 Å². The summed E-state index contributed by atoms with van der Waals surface area (Å²) in [5, 5.41) is 14.8. The second kappa shape index (κ2) is 8.22. The summed E-state index contributed by atoms with van der Waals surface area (Å²) in [6, 6.07) is 7.80.